The van der Waals surface area contributed by atoms with Gasteiger partial charge in [0, 0.05) is 30.8 Å². The Morgan fingerprint density at radius 3 is 2.53 bits per heavy atom. The number of aliphatic imine (C=N–C) groups is 1. The lowest BCUT2D eigenvalue weighted by Crippen LogP contribution is -2.32. The van der Waals surface area contributed by atoms with Gasteiger partial charge in [-0.15, -0.1) is 0 Å². The van der Waals surface area contributed by atoms with E-state index in [-0.39, 0.29) is 18.3 Å². The first-order valence-corrected chi connectivity index (χ1v) is 11.3. The second kappa shape index (κ2) is 11.5. The van der Waals surface area contributed by atoms with Gasteiger partial charge in [-0.05, 0) is 74.7 Å². The fourth-order valence-electron chi connectivity index (χ4n) is 3.71. The van der Waals surface area contributed by atoms with Crippen LogP contribution in [-0.4, -0.2) is 42.9 Å². The summed E-state index contributed by atoms with van der Waals surface area (Å²) in [5.74, 6) is 1.07. The van der Waals surface area contributed by atoms with E-state index in [2.05, 4.69) is 17.2 Å². The molecule has 1 N–H and O–H groups in total. The highest BCUT2D eigenvalue weighted by Gasteiger charge is 2.20. The number of ether oxygens (including phenoxy) is 1. The third-order valence-corrected chi connectivity index (χ3v) is 5.49. The molecule has 1 aliphatic heterocycles. The van der Waals surface area contributed by atoms with Crippen LogP contribution in [0.1, 0.15) is 44.2 Å². The minimum atomic E-state index is -0.284. The molecule has 0 spiro atoms. The smallest absolute Gasteiger partial charge is 0.260 e. The van der Waals surface area contributed by atoms with E-state index in [1.54, 1.807) is 12.1 Å². The highest BCUT2D eigenvalue weighted by atomic mass is 19.1. The largest absolute Gasteiger partial charge is 0.483 e. The first kappa shape index (κ1) is 23.5. The van der Waals surface area contributed by atoms with E-state index >= 15 is 0 Å². The number of allylic oxidation sites excluding steroid dienone is 1. The van der Waals surface area contributed by atoms with Crippen LogP contribution in [0.25, 0.3) is 11.1 Å². The second-order valence-corrected chi connectivity index (χ2v) is 7.81. The normalized spacial score (nSPS) is 14.2. The summed E-state index contributed by atoms with van der Waals surface area (Å²) in [6.07, 6.45) is 6.91. The van der Waals surface area contributed by atoms with Crippen molar-refractivity contribution in [3.05, 3.63) is 65.6 Å². The number of nitrogens with one attached hydrogen (secondary N) is 1. The number of carbonyl (C=O) groups is 1. The molecule has 6 heteroatoms. The molecule has 1 fully saturated rings. The highest BCUT2D eigenvalue weighted by molar-refractivity contribution is 6.02. The molecule has 5 nitrogen and oxygen atoms in total. The van der Waals surface area contributed by atoms with Crippen LogP contribution in [0, 0.1) is 12.7 Å². The molecule has 2 aromatic rings. The zero-order valence-electron chi connectivity index (χ0n) is 19.2. The lowest BCUT2D eigenvalue weighted by atomic mass is 9.98. The van der Waals surface area contributed by atoms with Gasteiger partial charge in [-0.1, -0.05) is 25.1 Å². The molecule has 1 amide bonds. The minimum Gasteiger partial charge on any atom is -0.483 e. The predicted octanol–water partition coefficient (Wildman–Crippen LogP) is 5.08. The van der Waals surface area contributed by atoms with Gasteiger partial charge < -0.3 is 15.0 Å². The van der Waals surface area contributed by atoms with Gasteiger partial charge in [0.25, 0.3) is 5.91 Å². The molecule has 0 unspecified atom stereocenters. The molecular weight excluding hydrogens is 405 g/mol. The summed E-state index contributed by atoms with van der Waals surface area (Å²) in [5, 5.41) is 3.28. The Labute approximate surface area is 190 Å². The Kier molecular flexibility index (Phi) is 8.42. The van der Waals surface area contributed by atoms with E-state index in [9.17, 15) is 9.18 Å². The van der Waals surface area contributed by atoms with Gasteiger partial charge in [0.15, 0.2) is 6.61 Å². The highest BCUT2D eigenvalue weighted by Crippen LogP contribution is 2.31. The van der Waals surface area contributed by atoms with Crippen LogP contribution in [0.2, 0.25) is 0 Å². The topological polar surface area (TPSA) is 53.9 Å². The number of amidine groups is 1. The Morgan fingerprint density at radius 2 is 1.88 bits per heavy atom. The van der Waals surface area contributed by atoms with Crippen molar-refractivity contribution in [1.29, 1.82) is 0 Å². The molecule has 0 bridgehead atoms. The number of likely N-dealkylation sites (tertiary alicyclic amines) is 1. The maximum absolute atomic E-state index is 13.5. The van der Waals surface area contributed by atoms with E-state index in [1.807, 2.05) is 43.2 Å². The molecular formula is C26H32FN3O2. The molecule has 32 heavy (non-hydrogen) atoms. The predicted molar refractivity (Wildman–Crippen MR) is 128 cm³/mol. The summed E-state index contributed by atoms with van der Waals surface area (Å²) in [6.45, 7) is 8.22. The Morgan fingerprint density at radius 1 is 1.16 bits per heavy atom. The lowest BCUT2D eigenvalue weighted by Gasteiger charge is -2.19. The van der Waals surface area contributed by atoms with E-state index in [4.69, 9.17) is 4.74 Å². The number of carbonyl (C=O) groups excluding carboxylic acids is 1. The molecule has 1 aliphatic rings. The Bertz CT molecular complexity index is 977. The monoisotopic (exact) mass is 437 g/mol. The van der Waals surface area contributed by atoms with Crippen molar-refractivity contribution in [2.24, 2.45) is 4.99 Å². The summed E-state index contributed by atoms with van der Waals surface area (Å²) >= 11 is 0. The molecule has 1 heterocycles. The van der Waals surface area contributed by atoms with Crippen LogP contribution in [0.5, 0.6) is 5.75 Å². The van der Waals surface area contributed by atoms with Crippen LogP contribution in [0.3, 0.4) is 0 Å². The first-order chi connectivity index (χ1) is 15.5. The molecule has 2 aromatic carbocycles. The third kappa shape index (κ3) is 5.96. The molecule has 170 valence electrons. The SMILES string of the molecule is CC/C=C/NC(=NCC)c1cc(-c2ccc(F)cc2)cc(OCC(=O)N2CCCC2)c1C. The van der Waals surface area contributed by atoms with Gasteiger partial charge in [0.2, 0.25) is 0 Å². The number of hydrogen-bond donors (Lipinski definition) is 1. The lowest BCUT2D eigenvalue weighted by molar-refractivity contribution is -0.132. The van der Waals surface area contributed by atoms with Crippen molar-refractivity contribution in [2.45, 2.75) is 40.0 Å². The van der Waals surface area contributed by atoms with Crippen LogP contribution in [0.15, 0.2) is 53.7 Å². The van der Waals surface area contributed by atoms with Crippen LogP contribution < -0.4 is 10.1 Å². The summed E-state index contributed by atoms with van der Waals surface area (Å²) in [6, 6.07) is 10.3. The van der Waals surface area contributed by atoms with Crippen molar-refractivity contribution < 1.29 is 13.9 Å². The van der Waals surface area contributed by atoms with Crippen molar-refractivity contribution in [1.82, 2.24) is 10.2 Å². The molecule has 0 saturated carbocycles. The zero-order valence-corrected chi connectivity index (χ0v) is 19.2. The summed E-state index contributed by atoms with van der Waals surface area (Å²) in [5.41, 5.74) is 3.52. The van der Waals surface area contributed by atoms with Crippen LogP contribution in [0.4, 0.5) is 4.39 Å². The number of rotatable bonds is 8. The van der Waals surface area contributed by atoms with Crippen molar-refractivity contribution >= 4 is 11.7 Å². The zero-order chi connectivity index (χ0) is 22.9. The average Bonchev–Trinajstić information content (AvgIpc) is 3.34. The van der Waals surface area contributed by atoms with Crippen LogP contribution in [-0.2, 0) is 4.79 Å². The fourth-order valence-corrected chi connectivity index (χ4v) is 3.71. The van der Waals surface area contributed by atoms with Gasteiger partial charge in [-0.3, -0.25) is 9.79 Å². The standard InChI is InChI=1S/C26H32FN3O2/c1-4-6-13-29-26(28-5-2)23-16-21(20-9-11-22(27)12-10-20)17-24(19(23)3)32-18-25(31)30-14-7-8-15-30/h6,9-13,16-17H,4-5,7-8,14-15,18H2,1-3H3,(H,28,29)/b13-6+. The van der Waals surface area contributed by atoms with E-state index in [0.717, 1.165) is 60.4 Å². The summed E-state index contributed by atoms with van der Waals surface area (Å²) in [4.78, 5) is 19.0. The minimum absolute atomic E-state index is 0.00193. The third-order valence-electron chi connectivity index (χ3n) is 5.49. The molecule has 0 radical (unpaired) electrons. The molecule has 0 atom stereocenters. The number of benzene rings is 2. The number of hydrogen-bond acceptors (Lipinski definition) is 3. The molecule has 0 aliphatic carbocycles. The first-order valence-electron chi connectivity index (χ1n) is 11.3. The summed E-state index contributed by atoms with van der Waals surface area (Å²) < 4.78 is 19.5. The quantitative estimate of drug-likeness (QED) is 0.463. The van der Waals surface area contributed by atoms with Gasteiger partial charge in [-0.2, -0.15) is 0 Å². The van der Waals surface area contributed by atoms with Crippen LogP contribution >= 0.6 is 0 Å². The molecule has 3 rings (SSSR count). The van der Waals surface area contributed by atoms with Crippen molar-refractivity contribution in [2.75, 3.05) is 26.2 Å². The molecule has 0 aromatic heterocycles. The van der Waals surface area contributed by atoms with Crippen molar-refractivity contribution in [3.8, 4) is 16.9 Å². The number of amides is 1. The number of nitrogens with zero attached hydrogens (tertiary/aromatic N) is 2. The number of halogens is 1. The fraction of sp³-hybridized carbons (Fsp3) is 0.385. The van der Waals surface area contributed by atoms with Gasteiger partial charge >= 0.3 is 0 Å². The second-order valence-electron chi connectivity index (χ2n) is 7.81. The summed E-state index contributed by atoms with van der Waals surface area (Å²) in [7, 11) is 0. The van der Waals surface area contributed by atoms with E-state index < -0.39 is 0 Å². The van der Waals surface area contributed by atoms with E-state index in [1.165, 1.54) is 12.1 Å². The van der Waals surface area contributed by atoms with Crippen molar-refractivity contribution in [3.63, 3.8) is 0 Å². The van der Waals surface area contributed by atoms with Gasteiger partial charge in [0.05, 0.1) is 0 Å². The maximum atomic E-state index is 13.5. The van der Waals surface area contributed by atoms with Gasteiger partial charge in [-0.25, -0.2) is 4.39 Å². The van der Waals surface area contributed by atoms with Gasteiger partial charge in [0.1, 0.15) is 17.4 Å². The van der Waals surface area contributed by atoms with E-state index in [0.29, 0.717) is 12.3 Å². The Balaban J connectivity index is 1.98. The molecule has 1 saturated heterocycles. The average molecular weight is 438 g/mol. The maximum Gasteiger partial charge on any atom is 0.260 e. The Hall–Kier alpha value is -3.15.